The molecule has 0 aliphatic heterocycles. The van der Waals surface area contributed by atoms with Crippen molar-refractivity contribution in [3.63, 3.8) is 0 Å². The Morgan fingerprint density at radius 1 is 1.25 bits per heavy atom. The van der Waals surface area contributed by atoms with Crippen LogP contribution in [0.5, 0.6) is 11.5 Å². The second-order valence-electron chi connectivity index (χ2n) is 5.11. The number of nitrogens with one attached hydrogen (secondary N) is 1. The second kappa shape index (κ2) is 6.37. The molecule has 0 saturated carbocycles. The quantitative estimate of drug-likeness (QED) is 0.471. The average Bonchev–Trinajstić information content (AvgIpc) is 2.88. The highest BCUT2D eigenvalue weighted by atomic mass is 79.9. The minimum Gasteiger partial charge on any atom is -0.507 e. The molecule has 0 radical (unpaired) electrons. The van der Waals surface area contributed by atoms with Gasteiger partial charge in [0.05, 0.1) is 11.6 Å². The maximum absolute atomic E-state index is 12.2. The van der Waals surface area contributed by atoms with Crippen LogP contribution in [0.3, 0.4) is 0 Å². The zero-order valence-corrected chi connectivity index (χ0v) is 14.2. The van der Waals surface area contributed by atoms with Crippen LogP contribution in [-0.4, -0.2) is 22.3 Å². The number of carbonyl (C=O) groups excluding carboxylic acids is 1. The van der Waals surface area contributed by atoms with E-state index in [1.807, 2.05) is 0 Å². The zero-order valence-electron chi connectivity index (χ0n) is 12.6. The van der Waals surface area contributed by atoms with Crippen LogP contribution in [0.15, 0.2) is 50.4 Å². The fourth-order valence-electron chi connectivity index (χ4n) is 2.34. The van der Waals surface area contributed by atoms with Crippen LogP contribution >= 0.6 is 15.9 Å². The van der Waals surface area contributed by atoms with E-state index in [1.165, 1.54) is 18.3 Å². The Hall–Kier alpha value is -2.80. The molecule has 0 aliphatic rings. The fourth-order valence-corrected chi connectivity index (χ4v) is 2.68. The smallest absolute Gasteiger partial charge is 0.307 e. The number of nitrogens with zero attached hydrogens (tertiary/aromatic N) is 1. The van der Waals surface area contributed by atoms with Crippen LogP contribution in [-0.2, 0) is 0 Å². The standard InChI is InChI=1S/C17H13BrN2O4/c1-9-15-12(21)3-2-4-14(15)24-16(9)17(23)20-19-8-10-5-6-11(18)7-13(10)22/h2-8,21-22H,1H3,(H,20,23). The molecule has 2 aromatic carbocycles. The number of aromatic hydroxyl groups is 2. The monoisotopic (exact) mass is 388 g/mol. The first-order valence-electron chi connectivity index (χ1n) is 7.00. The Morgan fingerprint density at radius 3 is 2.75 bits per heavy atom. The molecule has 0 aliphatic carbocycles. The predicted molar refractivity (Wildman–Crippen MR) is 93.5 cm³/mol. The van der Waals surface area contributed by atoms with E-state index in [2.05, 4.69) is 26.5 Å². The molecule has 122 valence electrons. The topological polar surface area (TPSA) is 95.1 Å². The Kier molecular flexibility index (Phi) is 4.26. The number of amides is 1. The third-order valence-corrected chi connectivity index (χ3v) is 3.99. The van der Waals surface area contributed by atoms with E-state index < -0.39 is 5.91 Å². The minimum absolute atomic E-state index is 0.0345. The molecule has 24 heavy (non-hydrogen) atoms. The molecule has 7 heteroatoms. The molecule has 3 aromatic rings. The molecular weight excluding hydrogens is 376 g/mol. The molecule has 3 N–H and O–H groups in total. The Labute approximate surface area is 145 Å². The van der Waals surface area contributed by atoms with Crippen molar-refractivity contribution < 1.29 is 19.4 Å². The number of fused-ring (bicyclic) bond motifs is 1. The van der Waals surface area contributed by atoms with E-state index in [1.54, 1.807) is 31.2 Å². The number of phenolic OH excluding ortho intramolecular Hbond substituents is 2. The van der Waals surface area contributed by atoms with Gasteiger partial charge in [-0.25, -0.2) is 5.43 Å². The van der Waals surface area contributed by atoms with Gasteiger partial charge in [-0.3, -0.25) is 4.79 Å². The Balaban J connectivity index is 1.82. The van der Waals surface area contributed by atoms with E-state index in [0.717, 1.165) is 4.47 Å². The summed E-state index contributed by atoms with van der Waals surface area (Å²) in [5, 5.41) is 24.0. The van der Waals surface area contributed by atoms with Crippen molar-refractivity contribution in [3.8, 4) is 11.5 Å². The molecule has 1 amide bonds. The third-order valence-electron chi connectivity index (χ3n) is 3.50. The molecule has 0 saturated heterocycles. The van der Waals surface area contributed by atoms with Gasteiger partial charge < -0.3 is 14.6 Å². The van der Waals surface area contributed by atoms with Gasteiger partial charge >= 0.3 is 5.91 Å². The lowest BCUT2D eigenvalue weighted by Crippen LogP contribution is -2.17. The number of phenols is 2. The van der Waals surface area contributed by atoms with Gasteiger partial charge in [-0.2, -0.15) is 5.10 Å². The van der Waals surface area contributed by atoms with Crippen LogP contribution in [0.2, 0.25) is 0 Å². The highest BCUT2D eigenvalue weighted by molar-refractivity contribution is 9.10. The third kappa shape index (κ3) is 2.98. The first-order chi connectivity index (χ1) is 11.5. The number of hydrogen-bond donors (Lipinski definition) is 3. The lowest BCUT2D eigenvalue weighted by atomic mass is 10.1. The first-order valence-corrected chi connectivity index (χ1v) is 7.79. The molecule has 0 unspecified atom stereocenters. The van der Waals surface area contributed by atoms with Gasteiger partial charge in [0, 0.05) is 15.6 Å². The van der Waals surface area contributed by atoms with Gasteiger partial charge in [0.15, 0.2) is 5.76 Å². The van der Waals surface area contributed by atoms with E-state index in [0.29, 0.717) is 22.1 Å². The maximum Gasteiger partial charge on any atom is 0.307 e. The van der Waals surface area contributed by atoms with Gasteiger partial charge in [0.25, 0.3) is 0 Å². The summed E-state index contributed by atoms with van der Waals surface area (Å²) in [7, 11) is 0. The number of furan rings is 1. The van der Waals surface area contributed by atoms with Crippen LogP contribution in [0.1, 0.15) is 21.7 Å². The second-order valence-corrected chi connectivity index (χ2v) is 6.02. The van der Waals surface area contributed by atoms with Crippen molar-refractivity contribution in [2.45, 2.75) is 6.92 Å². The fraction of sp³-hybridized carbons (Fsp3) is 0.0588. The molecule has 0 fully saturated rings. The van der Waals surface area contributed by atoms with Crippen molar-refractivity contribution in [3.05, 3.63) is 57.8 Å². The summed E-state index contributed by atoms with van der Waals surface area (Å²) >= 11 is 3.24. The number of hydrogen-bond acceptors (Lipinski definition) is 5. The number of benzene rings is 2. The number of halogens is 1. The Morgan fingerprint density at radius 2 is 2.04 bits per heavy atom. The predicted octanol–water partition coefficient (Wildman–Crippen LogP) is 3.68. The summed E-state index contributed by atoms with van der Waals surface area (Å²) in [4.78, 5) is 12.2. The normalized spacial score (nSPS) is 11.2. The summed E-state index contributed by atoms with van der Waals surface area (Å²) in [6.07, 6.45) is 1.33. The minimum atomic E-state index is -0.545. The highest BCUT2D eigenvalue weighted by Gasteiger charge is 2.19. The lowest BCUT2D eigenvalue weighted by molar-refractivity contribution is 0.0929. The summed E-state index contributed by atoms with van der Waals surface area (Å²) in [5.74, 6) is -0.386. The number of carbonyl (C=O) groups is 1. The molecular formula is C17H13BrN2O4. The van der Waals surface area contributed by atoms with Crippen molar-refractivity contribution >= 4 is 39.0 Å². The van der Waals surface area contributed by atoms with Crippen LogP contribution in [0, 0.1) is 6.92 Å². The molecule has 1 aromatic heterocycles. The molecule has 0 atom stereocenters. The van der Waals surface area contributed by atoms with Crippen molar-refractivity contribution in [1.29, 1.82) is 0 Å². The van der Waals surface area contributed by atoms with Crippen LogP contribution in [0.4, 0.5) is 0 Å². The van der Waals surface area contributed by atoms with Crippen LogP contribution < -0.4 is 5.43 Å². The largest absolute Gasteiger partial charge is 0.507 e. The van der Waals surface area contributed by atoms with Crippen molar-refractivity contribution in [2.24, 2.45) is 5.10 Å². The van der Waals surface area contributed by atoms with E-state index in [-0.39, 0.29) is 17.3 Å². The lowest BCUT2D eigenvalue weighted by Gasteiger charge is -2.00. The van der Waals surface area contributed by atoms with Gasteiger partial charge in [0.1, 0.15) is 17.1 Å². The van der Waals surface area contributed by atoms with E-state index in [4.69, 9.17) is 4.42 Å². The maximum atomic E-state index is 12.2. The van der Waals surface area contributed by atoms with E-state index >= 15 is 0 Å². The first kappa shape index (κ1) is 16.1. The van der Waals surface area contributed by atoms with Crippen molar-refractivity contribution in [2.75, 3.05) is 0 Å². The highest BCUT2D eigenvalue weighted by Crippen LogP contribution is 2.32. The summed E-state index contributed by atoms with van der Waals surface area (Å²) in [6.45, 7) is 1.69. The summed E-state index contributed by atoms with van der Waals surface area (Å²) in [6, 6.07) is 9.75. The van der Waals surface area contributed by atoms with Crippen molar-refractivity contribution in [1.82, 2.24) is 5.43 Å². The number of hydrazone groups is 1. The molecule has 3 rings (SSSR count). The van der Waals surface area contributed by atoms with Gasteiger partial charge in [-0.1, -0.05) is 22.0 Å². The molecule has 6 nitrogen and oxygen atoms in total. The van der Waals surface area contributed by atoms with E-state index in [9.17, 15) is 15.0 Å². The molecule has 1 heterocycles. The number of aryl methyl sites for hydroxylation is 1. The molecule has 0 bridgehead atoms. The van der Waals surface area contributed by atoms with Gasteiger partial charge in [0.2, 0.25) is 0 Å². The van der Waals surface area contributed by atoms with Gasteiger partial charge in [-0.15, -0.1) is 0 Å². The Bertz CT molecular complexity index is 963. The zero-order chi connectivity index (χ0) is 17.3. The SMILES string of the molecule is Cc1c(C(=O)NN=Cc2ccc(Br)cc2O)oc2cccc(O)c12. The van der Waals surface area contributed by atoms with Crippen LogP contribution in [0.25, 0.3) is 11.0 Å². The summed E-state index contributed by atoms with van der Waals surface area (Å²) < 4.78 is 6.22. The molecule has 0 spiro atoms. The number of rotatable bonds is 3. The average molecular weight is 389 g/mol. The summed E-state index contributed by atoms with van der Waals surface area (Å²) in [5.41, 5.74) is 3.75. The van der Waals surface area contributed by atoms with Gasteiger partial charge in [-0.05, 0) is 37.3 Å².